The highest BCUT2D eigenvalue weighted by molar-refractivity contribution is 5.91. The predicted octanol–water partition coefficient (Wildman–Crippen LogP) is 2.50. The van der Waals surface area contributed by atoms with Crippen molar-refractivity contribution in [1.82, 2.24) is 9.55 Å². The summed E-state index contributed by atoms with van der Waals surface area (Å²) in [6.07, 6.45) is 2.45. The minimum atomic E-state index is 0.275. The van der Waals surface area contributed by atoms with Gasteiger partial charge in [-0.05, 0) is 32.9 Å². The molecule has 1 aliphatic heterocycles. The summed E-state index contributed by atoms with van der Waals surface area (Å²) in [6, 6.07) is 4.34. The number of hydrogen-bond acceptors (Lipinski definition) is 3. The van der Waals surface area contributed by atoms with Crippen LogP contribution in [0.3, 0.4) is 0 Å². The third-order valence-electron chi connectivity index (χ3n) is 3.91. The van der Waals surface area contributed by atoms with Gasteiger partial charge in [0, 0.05) is 43.1 Å². The van der Waals surface area contributed by atoms with Gasteiger partial charge in [-0.15, -0.1) is 0 Å². The third kappa shape index (κ3) is 2.10. The molecule has 0 bridgehead atoms. The Kier molecular flexibility index (Phi) is 2.97. The van der Waals surface area contributed by atoms with Crippen molar-refractivity contribution in [2.75, 3.05) is 18.0 Å². The summed E-state index contributed by atoms with van der Waals surface area (Å²) in [4.78, 5) is 6.92. The summed E-state index contributed by atoms with van der Waals surface area (Å²) in [6.45, 7) is 8.28. The molecule has 0 aliphatic carbocycles. The van der Waals surface area contributed by atoms with Gasteiger partial charge < -0.3 is 14.2 Å². The van der Waals surface area contributed by atoms with Gasteiger partial charge in [-0.3, -0.25) is 0 Å². The molecule has 0 aromatic carbocycles. The molecule has 0 radical (unpaired) electrons. The van der Waals surface area contributed by atoms with Crippen LogP contribution in [0.5, 0.6) is 0 Å². The van der Waals surface area contributed by atoms with Crippen LogP contribution >= 0.6 is 0 Å². The lowest BCUT2D eigenvalue weighted by Gasteiger charge is -2.37. The van der Waals surface area contributed by atoms with Crippen LogP contribution in [0.2, 0.25) is 0 Å². The molecule has 2 atom stereocenters. The Bertz CT molecular complexity index is 595. The van der Waals surface area contributed by atoms with Crippen LogP contribution in [-0.2, 0) is 11.8 Å². The van der Waals surface area contributed by atoms with Gasteiger partial charge in [0.2, 0.25) is 0 Å². The summed E-state index contributed by atoms with van der Waals surface area (Å²) in [5, 5.41) is 1.24. The number of pyridine rings is 1. The fourth-order valence-corrected chi connectivity index (χ4v) is 2.98. The smallest absolute Gasteiger partial charge is 0.141 e. The zero-order valence-corrected chi connectivity index (χ0v) is 12.1. The Hall–Kier alpha value is -1.55. The number of aryl methyl sites for hydroxylation is 2. The van der Waals surface area contributed by atoms with E-state index in [0.29, 0.717) is 0 Å². The first kappa shape index (κ1) is 12.5. The SMILES string of the molecule is Cc1cc2c(N3C[C@@H](C)O[C@@H](C)C3)ccnc2n1C. The van der Waals surface area contributed by atoms with E-state index in [-0.39, 0.29) is 12.2 Å². The zero-order chi connectivity index (χ0) is 13.6. The molecule has 3 rings (SSSR count). The van der Waals surface area contributed by atoms with E-state index in [0.717, 1.165) is 18.7 Å². The zero-order valence-electron chi connectivity index (χ0n) is 12.1. The summed E-state index contributed by atoms with van der Waals surface area (Å²) in [5.41, 5.74) is 3.57. The number of hydrogen-bond donors (Lipinski definition) is 0. The molecule has 1 saturated heterocycles. The van der Waals surface area contributed by atoms with Crippen molar-refractivity contribution in [2.24, 2.45) is 7.05 Å². The normalized spacial score (nSPS) is 24.1. The monoisotopic (exact) mass is 259 g/mol. The van der Waals surface area contributed by atoms with E-state index in [1.54, 1.807) is 0 Å². The van der Waals surface area contributed by atoms with Crippen molar-refractivity contribution in [3.63, 3.8) is 0 Å². The van der Waals surface area contributed by atoms with Crippen LogP contribution in [0.25, 0.3) is 11.0 Å². The Balaban J connectivity index is 2.07. The second kappa shape index (κ2) is 4.53. The lowest BCUT2D eigenvalue weighted by atomic mass is 10.2. The van der Waals surface area contributed by atoms with Crippen molar-refractivity contribution in [1.29, 1.82) is 0 Å². The molecule has 3 heterocycles. The first-order valence-electron chi connectivity index (χ1n) is 6.87. The van der Waals surface area contributed by atoms with E-state index in [1.807, 2.05) is 6.20 Å². The van der Waals surface area contributed by atoms with Crippen LogP contribution in [0.15, 0.2) is 18.3 Å². The topological polar surface area (TPSA) is 30.3 Å². The van der Waals surface area contributed by atoms with Crippen molar-refractivity contribution < 1.29 is 4.74 Å². The number of morpholine rings is 1. The molecule has 4 heteroatoms. The maximum absolute atomic E-state index is 5.82. The predicted molar refractivity (Wildman–Crippen MR) is 77.7 cm³/mol. The maximum Gasteiger partial charge on any atom is 0.141 e. The second-order valence-electron chi connectivity index (χ2n) is 5.57. The summed E-state index contributed by atoms with van der Waals surface area (Å²) in [7, 11) is 2.07. The quantitative estimate of drug-likeness (QED) is 0.788. The highest BCUT2D eigenvalue weighted by Crippen LogP contribution is 2.29. The fraction of sp³-hybridized carbons (Fsp3) is 0.533. The highest BCUT2D eigenvalue weighted by Gasteiger charge is 2.24. The van der Waals surface area contributed by atoms with Gasteiger partial charge >= 0.3 is 0 Å². The number of nitrogens with zero attached hydrogens (tertiary/aromatic N) is 3. The second-order valence-corrected chi connectivity index (χ2v) is 5.57. The van der Waals surface area contributed by atoms with Gasteiger partial charge in [0.1, 0.15) is 5.65 Å². The molecule has 1 fully saturated rings. The largest absolute Gasteiger partial charge is 0.372 e. The van der Waals surface area contributed by atoms with Crippen molar-refractivity contribution in [3.05, 3.63) is 24.0 Å². The van der Waals surface area contributed by atoms with E-state index in [9.17, 15) is 0 Å². The Morgan fingerprint density at radius 2 is 1.95 bits per heavy atom. The number of ether oxygens (including phenoxy) is 1. The fourth-order valence-electron chi connectivity index (χ4n) is 2.98. The van der Waals surface area contributed by atoms with Gasteiger partial charge in [0.25, 0.3) is 0 Å². The van der Waals surface area contributed by atoms with E-state index >= 15 is 0 Å². The van der Waals surface area contributed by atoms with Crippen molar-refractivity contribution in [3.8, 4) is 0 Å². The molecule has 0 N–H and O–H groups in total. The van der Waals surface area contributed by atoms with Crippen LogP contribution < -0.4 is 4.90 Å². The first-order chi connectivity index (χ1) is 9.06. The number of aromatic nitrogens is 2. The Morgan fingerprint density at radius 3 is 2.63 bits per heavy atom. The van der Waals surface area contributed by atoms with Crippen LogP contribution in [0.4, 0.5) is 5.69 Å². The lowest BCUT2D eigenvalue weighted by Crippen LogP contribution is -2.45. The van der Waals surface area contributed by atoms with E-state index in [1.165, 1.54) is 16.8 Å². The van der Waals surface area contributed by atoms with Gasteiger partial charge in [0.15, 0.2) is 0 Å². The Morgan fingerprint density at radius 1 is 1.26 bits per heavy atom. The van der Waals surface area contributed by atoms with E-state index < -0.39 is 0 Å². The average Bonchev–Trinajstić information content (AvgIpc) is 2.64. The van der Waals surface area contributed by atoms with Crippen molar-refractivity contribution >= 4 is 16.7 Å². The van der Waals surface area contributed by atoms with E-state index in [2.05, 4.69) is 54.4 Å². The molecule has 0 saturated carbocycles. The molecule has 4 nitrogen and oxygen atoms in total. The van der Waals surface area contributed by atoms with Gasteiger partial charge in [-0.1, -0.05) is 0 Å². The van der Waals surface area contributed by atoms with Gasteiger partial charge in [-0.2, -0.15) is 0 Å². The molecular weight excluding hydrogens is 238 g/mol. The molecule has 0 unspecified atom stereocenters. The minimum absolute atomic E-state index is 0.275. The Labute approximate surface area is 114 Å². The summed E-state index contributed by atoms with van der Waals surface area (Å²) in [5.74, 6) is 0. The lowest BCUT2D eigenvalue weighted by molar-refractivity contribution is -0.00513. The van der Waals surface area contributed by atoms with Gasteiger partial charge in [0.05, 0.1) is 12.2 Å². The van der Waals surface area contributed by atoms with Gasteiger partial charge in [-0.25, -0.2) is 4.98 Å². The molecule has 1 aliphatic rings. The number of fused-ring (bicyclic) bond motifs is 1. The molecule has 102 valence electrons. The molecular formula is C15H21N3O. The van der Waals surface area contributed by atoms with E-state index in [4.69, 9.17) is 4.74 Å². The molecule has 0 spiro atoms. The highest BCUT2D eigenvalue weighted by atomic mass is 16.5. The summed E-state index contributed by atoms with van der Waals surface area (Å²) >= 11 is 0. The molecule has 19 heavy (non-hydrogen) atoms. The van der Waals surface area contributed by atoms with Crippen LogP contribution in [0, 0.1) is 6.92 Å². The van der Waals surface area contributed by atoms with Crippen molar-refractivity contribution in [2.45, 2.75) is 33.0 Å². The third-order valence-corrected chi connectivity index (χ3v) is 3.91. The van der Waals surface area contributed by atoms with Crippen LogP contribution in [-0.4, -0.2) is 34.8 Å². The standard InChI is InChI=1S/C15H21N3O/c1-10-7-13-14(5-6-16-15(13)17(10)4)18-8-11(2)19-12(3)9-18/h5-7,11-12H,8-9H2,1-4H3/t11-,12+. The molecule has 2 aromatic heterocycles. The first-order valence-corrected chi connectivity index (χ1v) is 6.87. The van der Waals surface area contributed by atoms with Crippen LogP contribution in [0.1, 0.15) is 19.5 Å². The summed E-state index contributed by atoms with van der Waals surface area (Å²) < 4.78 is 7.96. The number of rotatable bonds is 1. The number of anilines is 1. The molecule has 2 aromatic rings. The minimum Gasteiger partial charge on any atom is -0.372 e. The molecule has 0 amide bonds. The maximum atomic E-state index is 5.82. The average molecular weight is 259 g/mol.